The van der Waals surface area contributed by atoms with Crippen LogP contribution in [-0.2, 0) is 32.7 Å². The van der Waals surface area contributed by atoms with Crippen molar-refractivity contribution in [1.29, 1.82) is 0 Å². The Morgan fingerprint density at radius 2 is 1.00 bits per heavy atom. The summed E-state index contributed by atoms with van der Waals surface area (Å²) in [6.07, 6.45) is 5.95. The second-order valence-corrected chi connectivity index (χ2v) is 13.9. The summed E-state index contributed by atoms with van der Waals surface area (Å²) in [6, 6.07) is 0.430. The zero-order chi connectivity index (χ0) is 28.4. The predicted octanol–water partition coefficient (Wildman–Crippen LogP) is 3.78. The van der Waals surface area contributed by atoms with Crippen molar-refractivity contribution in [3.05, 3.63) is 12.4 Å². The van der Waals surface area contributed by atoms with E-state index in [9.17, 15) is 0 Å². The van der Waals surface area contributed by atoms with E-state index in [0.717, 1.165) is 31.5 Å². The first-order chi connectivity index (χ1) is 17.3. The van der Waals surface area contributed by atoms with Crippen LogP contribution in [-0.4, -0.2) is 77.7 Å². The van der Waals surface area contributed by atoms with Crippen molar-refractivity contribution in [2.24, 2.45) is 0 Å². The molecule has 0 amide bonds. The Bertz CT molecular complexity index is 907. The van der Waals surface area contributed by atoms with Gasteiger partial charge < -0.3 is 32.7 Å². The molecule has 0 unspecified atom stereocenters. The van der Waals surface area contributed by atoms with Crippen LogP contribution < -0.4 is 5.46 Å². The van der Waals surface area contributed by atoms with Crippen LogP contribution in [0, 0.1) is 0 Å². The van der Waals surface area contributed by atoms with Crippen molar-refractivity contribution in [2.45, 2.75) is 136 Å². The molecule has 4 aliphatic rings. The van der Waals surface area contributed by atoms with Crippen molar-refractivity contribution in [3.63, 3.8) is 0 Å². The summed E-state index contributed by atoms with van der Waals surface area (Å²) in [5.74, 6) is 0. The first kappa shape index (κ1) is 30.1. The Hall–Kier alpha value is -0.875. The average Bonchev–Trinajstić information content (AvgIpc) is 3.46. The van der Waals surface area contributed by atoms with Crippen LogP contribution in [0.4, 0.5) is 0 Å². The van der Waals surface area contributed by atoms with Crippen LogP contribution in [0.2, 0.25) is 0 Å². The van der Waals surface area contributed by atoms with E-state index in [1.165, 1.54) is 0 Å². The van der Waals surface area contributed by atoms with Gasteiger partial charge in [0.1, 0.15) is 0 Å². The minimum absolute atomic E-state index is 0.307. The number of hydrogen-bond acceptors (Lipinski definition) is 8. The molecule has 4 aliphatic heterocycles. The standard InChI is InChI=1S/C14H23BN2O3.C12H24B2O4/c1-13(2)14(3,4)20-15(19-13)11-9-16-17(10-11)12-5-7-18-8-6-12;1-9(2)10(3,4)16-13(15-9)14-17-11(5,6)12(7,8)18-14/h9-10,12H,5-8H2,1-4H3;1-8H3. The molecule has 38 heavy (non-hydrogen) atoms. The van der Waals surface area contributed by atoms with Gasteiger partial charge in [-0.1, -0.05) is 0 Å². The van der Waals surface area contributed by atoms with Crippen molar-refractivity contribution >= 4 is 26.6 Å². The van der Waals surface area contributed by atoms with Crippen LogP contribution in [0.3, 0.4) is 0 Å². The molecular weight excluding hydrogens is 485 g/mol. The molecule has 0 bridgehead atoms. The lowest BCUT2D eigenvalue weighted by Crippen LogP contribution is -2.41. The van der Waals surface area contributed by atoms with E-state index in [-0.39, 0.29) is 40.7 Å². The van der Waals surface area contributed by atoms with Crippen molar-refractivity contribution in [3.8, 4) is 0 Å². The molecule has 0 radical (unpaired) electrons. The topological polar surface area (TPSA) is 82.4 Å². The third-order valence-corrected chi connectivity index (χ3v) is 9.48. The van der Waals surface area contributed by atoms with E-state index >= 15 is 0 Å². The third kappa shape index (κ3) is 5.64. The van der Waals surface area contributed by atoms with Gasteiger partial charge in [0.15, 0.2) is 0 Å². The number of rotatable bonds is 3. The van der Waals surface area contributed by atoms with Gasteiger partial charge in [0.25, 0.3) is 0 Å². The fraction of sp³-hybridized carbons (Fsp3) is 0.885. The second-order valence-electron chi connectivity index (χ2n) is 13.9. The maximum absolute atomic E-state index is 6.05. The average molecular weight is 532 g/mol. The van der Waals surface area contributed by atoms with E-state index in [1.807, 2.05) is 66.3 Å². The Labute approximate surface area is 230 Å². The molecule has 0 spiro atoms. The first-order valence-electron chi connectivity index (χ1n) is 14.0. The zero-order valence-electron chi connectivity index (χ0n) is 25.5. The molecule has 0 aromatic carbocycles. The van der Waals surface area contributed by atoms with E-state index in [4.69, 9.17) is 32.7 Å². The summed E-state index contributed by atoms with van der Waals surface area (Å²) in [4.78, 5) is 0. The Kier molecular flexibility index (Phi) is 7.83. The number of hydrogen-bond donors (Lipinski definition) is 0. The molecule has 4 saturated heterocycles. The SMILES string of the molecule is CC1(C)OB(B2OC(C)(C)C(C)(C)O2)OC1(C)C.CC1(C)OB(c2cnn(C3CCOCC3)c2)OC1(C)C. The van der Waals surface area contributed by atoms with Gasteiger partial charge in [-0.3, -0.25) is 4.68 Å². The summed E-state index contributed by atoms with van der Waals surface area (Å²) in [6.45, 7) is 26.1. The fourth-order valence-corrected chi connectivity index (χ4v) is 4.60. The molecule has 4 fully saturated rings. The van der Waals surface area contributed by atoms with Gasteiger partial charge in [-0.15, -0.1) is 0 Å². The highest BCUT2D eigenvalue weighted by molar-refractivity contribution is 7.11. The van der Waals surface area contributed by atoms with E-state index < -0.39 is 14.0 Å². The van der Waals surface area contributed by atoms with Gasteiger partial charge in [0, 0.05) is 31.1 Å². The summed E-state index contributed by atoms with van der Waals surface area (Å²) in [5.41, 5.74) is -1.06. The first-order valence-corrected chi connectivity index (χ1v) is 14.0. The molecule has 0 atom stereocenters. The molecule has 1 aromatic rings. The fourth-order valence-electron chi connectivity index (χ4n) is 4.60. The molecule has 0 saturated carbocycles. The van der Waals surface area contributed by atoms with Gasteiger partial charge in [-0.2, -0.15) is 5.10 Å². The summed E-state index contributed by atoms with van der Waals surface area (Å²) < 4.78 is 43.4. The molecule has 0 N–H and O–H groups in total. The van der Waals surface area contributed by atoms with E-state index in [2.05, 4.69) is 39.0 Å². The zero-order valence-corrected chi connectivity index (χ0v) is 25.5. The summed E-state index contributed by atoms with van der Waals surface area (Å²) in [7, 11) is -1.28. The number of nitrogens with zero attached hydrogens (tertiary/aromatic N) is 2. The second kappa shape index (κ2) is 9.89. The van der Waals surface area contributed by atoms with Gasteiger partial charge in [-0.05, 0) is 95.9 Å². The van der Waals surface area contributed by atoms with Gasteiger partial charge in [-0.25, -0.2) is 0 Å². The molecule has 0 aliphatic carbocycles. The molecule has 212 valence electrons. The van der Waals surface area contributed by atoms with Gasteiger partial charge in [0.05, 0.1) is 39.6 Å². The largest absolute Gasteiger partial charge is 0.498 e. The number of aromatic nitrogens is 2. The number of ether oxygens (including phenoxy) is 1. The molecule has 5 rings (SSSR count). The quantitative estimate of drug-likeness (QED) is 0.545. The third-order valence-electron chi connectivity index (χ3n) is 9.48. The maximum atomic E-state index is 6.05. The van der Waals surface area contributed by atoms with Crippen LogP contribution in [0.1, 0.15) is 102 Å². The Balaban J connectivity index is 0.000000178. The molecule has 12 heteroatoms. The lowest BCUT2D eigenvalue weighted by molar-refractivity contribution is 0.00578. The Morgan fingerprint density at radius 3 is 1.39 bits per heavy atom. The van der Waals surface area contributed by atoms with Crippen molar-refractivity contribution in [1.82, 2.24) is 9.78 Å². The van der Waals surface area contributed by atoms with Crippen LogP contribution in [0.25, 0.3) is 0 Å². The highest BCUT2D eigenvalue weighted by atomic mass is 16.7. The van der Waals surface area contributed by atoms with Crippen molar-refractivity contribution in [2.75, 3.05) is 13.2 Å². The smallest absolute Gasteiger partial charge is 0.405 e. The van der Waals surface area contributed by atoms with E-state index in [0.29, 0.717) is 6.04 Å². The van der Waals surface area contributed by atoms with Gasteiger partial charge in [0.2, 0.25) is 0 Å². The summed E-state index contributed by atoms with van der Waals surface area (Å²) >= 11 is 0. The molecule has 5 heterocycles. The molecular formula is C26H47B3N2O7. The summed E-state index contributed by atoms with van der Waals surface area (Å²) in [5, 5.41) is 4.48. The molecule has 9 nitrogen and oxygen atoms in total. The van der Waals surface area contributed by atoms with Crippen LogP contribution in [0.5, 0.6) is 0 Å². The minimum atomic E-state index is -0.476. The highest BCUT2D eigenvalue weighted by Gasteiger charge is 2.63. The maximum Gasteiger partial charge on any atom is 0.498 e. The minimum Gasteiger partial charge on any atom is -0.405 e. The lowest BCUT2D eigenvalue weighted by Gasteiger charge is -2.32. The van der Waals surface area contributed by atoms with Gasteiger partial charge >= 0.3 is 21.1 Å². The molecule has 1 aromatic heterocycles. The lowest BCUT2D eigenvalue weighted by atomic mass is 9.49. The van der Waals surface area contributed by atoms with Crippen molar-refractivity contribution < 1.29 is 32.7 Å². The normalized spacial score (nSPS) is 28.9. The Morgan fingerprint density at radius 1 is 0.632 bits per heavy atom. The van der Waals surface area contributed by atoms with Crippen LogP contribution in [0.15, 0.2) is 12.4 Å². The van der Waals surface area contributed by atoms with E-state index in [1.54, 1.807) is 0 Å². The monoisotopic (exact) mass is 532 g/mol. The highest BCUT2D eigenvalue weighted by Crippen LogP contribution is 2.43. The van der Waals surface area contributed by atoms with Crippen LogP contribution >= 0.6 is 0 Å². The predicted molar refractivity (Wildman–Crippen MR) is 149 cm³/mol.